The van der Waals surface area contributed by atoms with Gasteiger partial charge < -0.3 is 5.11 Å². The predicted molar refractivity (Wildman–Crippen MR) is 64.6 cm³/mol. The summed E-state index contributed by atoms with van der Waals surface area (Å²) in [4.78, 5) is 0. The predicted octanol–water partition coefficient (Wildman–Crippen LogP) is 3.78. The molecule has 1 N–H and O–H groups in total. The molecule has 0 amide bonds. The first-order valence-corrected chi connectivity index (χ1v) is 5.61. The molecular weight excluding hydrogens is 203 g/mol. The van der Waals surface area contributed by atoms with Crippen LogP contribution in [0.5, 0.6) is 0 Å². The summed E-state index contributed by atoms with van der Waals surface area (Å²) in [5.74, 6) is -0.280. The second-order valence-electron chi connectivity index (χ2n) is 4.42. The monoisotopic (exact) mass is 222 g/mol. The summed E-state index contributed by atoms with van der Waals surface area (Å²) in [7, 11) is 0. The molecule has 2 heteroatoms. The summed E-state index contributed by atoms with van der Waals surface area (Å²) in [5.41, 5.74) is 0.785. The fourth-order valence-electron chi connectivity index (χ4n) is 2.01. The first kappa shape index (κ1) is 12.9. The number of hydrogen-bond acceptors (Lipinski definition) is 1. The van der Waals surface area contributed by atoms with E-state index < -0.39 is 5.60 Å². The van der Waals surface area contributed by atoms with Crippen LogP contribution in [0.2, 0.25) is 0 Å². The van der Waals surface area contributed by atoms with E-state index in [4.69, 9.17) is 0 Å². The van der Waals surface area contributed by atoms with Gasteiger partial charge >= 0.3 is 0 Å². The maximum Gasteiger partial charge on any atom is 0.123 e. The number of hydrogen-bond donors (Lipinski definition) is 1. The summed E-state index contributed by atoms with van der Waals surface area (Å²) in [6.45, 7) is 7.75. The Morgan fingerprint density at radius 2 is 1.94 bits per heavy atom. The molecule has 0 aliphatic carbocycles. The minimum atomic E-state index is -0.908. The standard InChI is InChI=1S/C14H19FO/c1-4-9-14(16,10-11(2)3)12-5-7-13(15)8-6-12/h5-8,16H,2,4,9-10H2,1,3H3. The van der Waals surface area contributed by atoms with Crippen molar-refractivity contribution in [2.45, 2.75) is 38.7 Å². The first-order chi connectivity index (χ1) is 7.48. The quantitative estimate of drug-likeness (QED) is 0.752. The lowest BCUT2D eigenvalue weighted by molar-refractivity contribution is 0.0270. The van der Waals surface area contributed by atoms with Crippen LogP contribution in [-0.4, -0.2) is 5.11 Å². The molecular formula is C14H19FO. The Labute approximate surface area is 96.6 Å². The maximum atomic E-state index is 12.8. The largest absolute Gasteiger partial charge is 0.385 e. The van der Waals surface area contributed by atoms with E-state index >= 15 is 0 Å². The van der Waals surface area contributed by atoms with E-state index in [2.05, 4.69) is 6.58 Å². The van der Waals surface area contributed by atoms with Gasteiger partial charge in [0, 0.05) is 6.42 Å². The van der Waals surface area contributed by atoms with Gasteiger partial charge in [-0.15, -0.1) is 6.58 Å². The minimum Gasteiger partial charge on any atom is -0.385 e. The van der Waals surface area contributed by atoms with Gasteiger partial charge in [0.1, 0.15) is 5.82 Å². The van der Waals surface area contributed by atoms with Crippen molar-refractivity contribution < 1.29 is 9.50 Å². The van der Waals surface area contributed by atoms with Crippen molar-refractivity contribution in [1.82, 2.24) is 0 Å². The van der Waals surface area contributed by atoms with Crippen LogP contribution in [0.4, 0.5) is 4.39 Å². The van der Waals surface area contributed by atoms with Crippen molar-refractivity contribution in [1.29, 1.82) is 0 Å². The Bertz CT molecular complexity index is 356. The molecule has 0 aliphatic rings. The van der Waals surface area contributed by atoms with Crippen LogP contribution in [0.3, 0.4) is 0 Å². The van der Waals surface area contributed by atoms with Crippen molar-refractivity contribution in [3.8, 4) is 0 Å². The molecule has 1 rings (SSSR count). The Morgan fingerprint density at radius 3 is 2.38 bits per heavy atom. The van der Waals surface area contributed by atoms with Crippen LogP contribution in [0.25, 0.3) is 0 Å². The minimum absolute atomic E-state index is 0.280. The zero-order valence-corrected chi connectivity index (χ0v) is 9.96. The van der Waals surface area contributed by atoms with Gasteiger partial charge in [-0.1, -0.05) is 31.1 Å². The van der Waals surface area contributed by atoms with E-state index in [1.54, 1.807) is 12.1 Å². The van der Waals surface area contributed by atoms with Crippen molar-refractivity contribution in [3.05, 3.63) is 47.8 Å². The molecule has 1 aromatic carbocycles. The molecule has 0 radical (unpaired) electrons. The number of benzene rings is 1. The Morgan fingerprint density at radius 1 is 1.38 bits per heavy atom. The molecule has 0 spiro atoms. The van der Waals surface area contributed by atoms with Crippen LogP contribution in [0, 0.1) is 5.82 Å². The van der Waals surface area contributed by atoms with E-state index in [0.717, 1.165) is 17.6 Å². The zero-order valence-electron chi connectivity index (χ0n) is 9.96. The highest BCUT2D eigenvalue weighted by Gasteiger charge is 2.27. The van der Waals surface area contributed by atoms with Crippen LogP contribution in [0.1, 0.15) is 38.7 Å². The number of rotatable bonds is 5. The molecule has 0 aromatic heterocycles. The molecule has 0 heterocycles. The van der Waals surface area contributed by atoms with Crippen molar-refractivity contribution in [2.24, 2.45) is 0 Å². The topological polar surface area (TPSA) is 20.2 Å². The highest BCUT2D eigenvalue weighted by Crippen LogP contribution is 2.32. The van der Waals surface area contributed by atoms with Crippen LogP contribution >= 0.6 is 0 Å². The van der Waals surface area contributed by atoms with Crippen LogP contribution < -0.4 is 0 Å². The molecule has 0 bridgehead atoms. The molecule has 1 nitrogen and oxygen atoms in total. The van der Waals surface area contributed by atoms with E-state index in [0.29, 0.717) is 12.8 Å². The summed E-state index contributed by atoms with van der Waals surface area (Å²) in [6.07, 6.45) is 2.05. The summed E-state index contributed by atoms with van der Waals surface area (Å²) in [6, 6.07) is 6.06. The summed E-state index contributed by atoms with van der Waals surface area (Å²) >= 11 is 0. The fraction of sp³-hybridized carbons (Fsp3) is 0.429. The molecule has 0 fully saturated rings. The van der Waals surface area contributed by atoms with E-state index in [1.165, 1.54) is 12.1 Å². The lowest BCUT2D eigenvalue weighted by atomic mass is 9.84. The van der Waals surface area contributed by atoms with Crippen LogP contribution in [0.15, 0.2) is 36.4 Å². The van der Waals surface area contributed by atoms with Gasteiger partial charge in [-0.05, 0) is 31.0 Å². The van der Waals surface area contributed by atoms with Gasteiger partial charge in [0.15, 0.2) is 0 Å². The third kappa shape index (κ3) is 3.17. The summed E-state index contributed by atoms with van der Waals surface area (Å²) in [5, 5.41) is 10.6. The van der Waals surface area contributed by atoms with Crippen LogP contribution in [-0.2, 0) is 5.60 Å². The normalized spacial score (nSPS) is 14.5. The lowest BCUT2D eigenvalue weighted by Gasteiger charge is -2.28. The third-order valence-electron chi connectivity index (χ3n) is 2.64. The van der Waals surface area contributed by atoms with E-state index in [-0.39, 0.29) is 5.82 Å². The molecule has 1 aromatic rings. The van der Waals surface area contributed by atoms with Crippen molar-refractivity contribution in [3.63, 3.8) is 0 Å². The molecule has 0 aliphatic heterocycles. The second-order valence-corrected chi connectivity index (χ2v) is 4.42. The molecule has 1 unspecified atom stereocenters. The zero-order chi connectivity index (χ0) is 12.2. The molecule has 16 heavy (non-hydrogen) atoms. The third-order valence-corrected chi connectivity index (χ3v) is 2.64. The Hall–Kier alpha value is -1.15. The average Bonchev–Trinajstić information content (AvgIpc) is 2.17. The SMILES string of the molecule is C=C(C)CC(O)(CCC)c1ccc(F)cc1. The van der Waals surface area contributed by atoms with Gasteiger partial charge in [0.25, 0.3) is 0 Å². The summed E-state index contributed by atoms with van der Waals surface area (Å²) < 4.78 is 12.8. The molecule has 0 saturated heterocycles. The van der Waals surface area contributed by atoms with Gasteiger partial charge in [0.2, 0.25) is 0 Å². The van der Waals surface area contributed by atoms with Crippen molar-refractivity contribution in [2.75, 3.05) is 0 Å². The van der Waals surface area contributed by atoms with Gasteiger partial charge in [-0.25, -0.2) is 4.39 Å². The van der Waals surface area contributed by atoms with Gasteiger partial charge in [0.05, 0.1) is 5.60 Å². The van der Waals surface area contributed by atoms with Gasteiger partial charge in [-0.2, -0.15) is 0 Å². The highest BCUT2D eigenvalue weighted by atomic mass is 19.1. The molecule has 0 saturated carbocycles. The first-order valence-electron chi connectivity index (χ1n) is 5.61. The maximum absolute atomic E-state index is 12.8. The van der Waals surface area contributed by atoms with Gasteiger partial charge in [-0.3, -0.25) is 0 Å². The second kappa shape index (κ2) is 5.26. The Kier molecular flexibility index (Phi) is 4.25. The van der Waals surface area contributed by atoms with Crippen molar-refractivity contribution >= 4 is 0 Å². The number of aliphatic hydroxyl groups is 1. The molecule has 88 valence electrons. The van der Waals surface area contributed by atoms with E-state index in [1.807, 2.05) is 13.8 Å². The molecule has 1 atom stereocenters. The highest BCUT2D eigenvalue weighted by molar-refractivity contribution is 5.24. The van der Waals surface area contributed by atoms with E-state index in [9.17, 15) is 9.50 Å². The fourth-order valence-corrected chi connectivity index (χ4v) is 2.01. The smallest absolute Gasteiger partial charge is 0.123 e. The lowest BCUT2D eigenvalue weighted by Crippen LogP contribution is -2.25. The average molecular weight is 222 g/mol. The Balaban J connectivity index is 3.00. The number of halogens is 1.